The fraction of sp³-hybridized carbons (Fsp3) is 0.533. The van der Waals surface area contributed by atoms with Crippen molar-refractivity contribution in [3.05, 3.63) is 23.8 Å². The molecule has 1 atom stereocenters. The highest BCUT2D eigenvalue weighted by atomic mass is 16.5. The maximum absolute atomic E-state index is 12.0. The molecule has 0 spiro atoms. The average molecular weight is 294 g/mol. The SMILES string of the molecule is COc1cccc(OC)c1C(C)(C(=O)[O-])N1CCOCC1. The Labute approximate surface area is 124 Å². The molecule has 1 aliphatic heterocycles. The van der Waals surface area contributed by atoms with Crippen molar-refractivity contribution in [3.8, 4) is 11.5 Å². The first kappa shape index (κ1) is 15.6. The molecule has 116 valence electrons. The molecule has 6 heteroatoms. The molecule has 1 fully saturated rings. The molecule has 0 aromatic heterocycles. The van der Waals surface area contributed by atoms with Gasteiger partial charge in [-0.25, -0.2) is 0 Å². The second kappa shape index (κ2) is 6.32. The number of nitrogens with zero attached hydrogens (tertiary/aromatic N) is 1. The summed E-state index contributed by atoms with van der Waals surface area (Å²) in [5.74, 6) is -0.257. The molecule has 1 unspecified atom stereocenters. The monoisotopic (exact) mass is 294 g/mol. The number of methoxy groups -OCH3 is 2. The van der Waals surface area contributed by atoms with Crippen molar-refractivity contribution in [3.63, 3.8) is 0 Å². The summed E-state index contributed by atoms with van der Waals surface area (Å²) in [5.41, 5.74) is -0.876. The van der Waals surface area contributed by atoms with Gasteiger partial charge in [0.05, 0.1) is 44.5 Å². The van der Waals surface area contributed by atoms with E-state index < -0.39 is 11.5 Å². The summed E-state index contributed by atoms with van der Waals surface area (Å²) in [6.07, 6.45) is 0. The van der Waals surface area contributed by atoms with Gasteiger partial charge in [0.1, 0.15) is 11.5 Å². The number of carbonyl (C=O) groups is 1. The number of morpholine rings is 1. The summed E-state index contributed by atoms with van der Waals surface area (Å²) in [6, 6.07) is 5.20. The molecule has 1 aromatic rings. The Bertz CT molecular complexity index is 491. The van der Waals surface area contributed by atoms with Crippen molar-refractivity contribution >= 4 is 5.97 Å². The molecule has 0 amide bonds. The summed E-state index contributed by atoms with van der Waals surface area (Å²) in [7, 11) is 3.01. The topological polar surface area (TPSA) is 71.1 Å². The maximum Gasteiger partial charge on any atom is 0.128 e. The van der Waals surface area contributed by atoms with E-state index >= 15 is 0 Å². The van der Waals surface area contributed by atoms with Gasteiger partial charge < -0.3 is 24.1 Å². The van der Waals surface area contributed by atoms with Crippen molar-refractivity contribution in [2.24, 2.45) is 0 Å². The van der Waals surface area contributed by atoms with Crippen LogP contribution in [-0.2, 0) is 15.1 Å². The third kappa shape index (κ3) is 2.69. The normalized spacial score (nSPS) is 18.8. The summed E-state index contributed by atoms with van der Waals surface area (Å²) >= 11 is 0. The molecule has 2 rings (SSSR count). The van der Waals surface area contributed by atoms with Crippen LogP contribution in [0.5, 0.6) is 11.5 Å². The number of carboxylic acid groups (broad SMARTS) is 1. The molecule has 1 aliphatic rings. The Morgan fingerprint density at radius 1 is 1.24 bits per heavy atom. The summed E-state index contributed by atoms with van der Waals surface area (Å²) in [4.78, 5) is 13.8. The van der Waals surface area contributed by atoms with Gasteiger partial charge in [0.15, 0.2) is 0 Å². The molecular weight excluding hydrogens is 274 g/mol. The number of hydrogen-bond acceptors (Lipinski definition) is 6. The molecule has 0 radical (unpaired) electrons. The van der Waals surface area contributed by atoms with Gasteiger partial charge in [0.2, 0.25) is 0 Å². The van der Waals surface area contributed by atoms with Gasteiger partial charge in [-0.3, -0.25) is 4.90 Å². The third-order valence-electron chi connectivity index (χ3n) is 3.96. The minimum atomic E-state index is -1.35. The quantitative estimate of drug-likeness (QED) is 0.761. The highest BCUT2D eigenvalue weighted by Crippen LogP contribution is 2.41. The van der Waals surface area contributed by atoms with Gasteiger partial charge in [0.25, 0.3) is 0 Å². The Hall–Kier alpha value is -1.79. The van der Waals surface area contributed by atoms with E-state index in [0.717, 1.165) is 0 Å². The maximum atomic E-state index is 12.0. The molecule has 21 heavy (non-hydrogen) atoms. The number of benzene rings is 1. The first-order chi connectivity index (χ1) is 10.1. The second-order valence-corrected chi connectivity index (χ2v) is 5.00. The van der Waals surface area contributed by atoms with Gasteiger partial charge in [-0.2, -0.15) is 0 Å². The Kier molecular flexibility index (Phi) is 4.69. The zero-order valence-corrected chi connectivity index (χ0v) is 12.5. The van der Waals surface area contributed by atoms with Gasteiger partial charge >= 0.3 is 0 Å². The number of hydrogen-bond donors (Lipinski definition) is 0. The zero-order chi connectivity index (χ0) is 15.5. The van der Waals surface area contributed by atoms with Crippen molar-refractivity contribution in [1.29, 1.82) is 0 Å². The van der Waals surface area contributed by atoms with Crippen molar-refractivity contribution in [1.82, 2.24) is 4.90 Å². The highest BCUT2D eigenvalue weighted by molar-refractivity contribution is 5.81. The lowest BCUT2D eigenvalue weighted by Gasteiger charge is -2.45. The molecule has 0 aliphatic carbocycles. The lowest BCUT2D eigenvalue weighted by Crippen LogP contribution is -2.58. The molecule has 0 bridgehead atoms. The number of ether oxygens (including phenoxy) is 3. The van der Waals surface area contributed by atoms with Crippen LogP contribution in [0, 0.1) is 0 Å². The van der Waals surface area contributed by atoms with Crippen LogP contribution in [0.1, 0.15) is 12.5 Å². The first-order valence-electron chi connectivity index (χ1n) is 6.81. The van der Waals surface area contributed by atoms with E-state index in [4.69, 9.17) is 14.2 Å². The van der Waals surface area contributed by atoms with Crippen LogP contribution < -0.4 is 14.6 Å². The van der Waals surface area contributed by atoms with E-state index in [-0.39, 0.29) is 0 Å². The standard InChI is InChI=1S/C15H21NO5/c1-15(14(17)18,16-7-9-21-10-8-16)13-11(19-2)5-4-6-12(13)20-3/h4-6H,7-10H2,1-3H3,(H,17,18)/p-1. The number of rotatable bonds is 5. The summed E-state index contributed by atoms with van der Waals surface area (Å²) in [5, 5.41) is 12.0. The van der Waals surface area contributed by atoms with E-state index in [9.17, 15) is 9.90 Å². The van der Waals surface area contributed by atoms with Crippen LogP contribution in [0.3, 0.4) is 0 Å². The number of carbonyl (C=O) groups excluding carboxylic acids is 1. The lowest BCUT2D eigenvalue weighted by atomic mass is 9.87. The van der Waals surface area contributed by atoms with Gasteiger partial charge in [-0.05, 0) is 19.1 Å². The Balaban J connectivity index is 2.59. The van der Waals surface area contributed by atoms with Crippen LogP contribution in [0.2, 0.25) is 0 Å². The zero-order valence-electron chi connectivity index (χ0n) is 12.5. The van der Waals surface area contributed by atoms with Crippen LogP contribution in [0.25, 0.3) is 0 Å². The fourth-order valence-corrected chi connectivity index (χ4v) is 2.73. The minimum Gasteiger partial charge on any atom is -0.548 e. The molecule has 0 saturated carbocycles. The Morgan fingerprint density at radius 3 is 2.19 bits per heavy atom. The van der Waals surface area contributed by atoms with Gasteiger partial charge in [-0.1, -0.05) is 6.07 Å². The molecule has 1 saturated heterocycles. The smallest absolute Gasteiger partial charge is 0.128 e. The summed E-state index contributed by atoms with van der Waals surface area (Å²) < 4.78 is 16.0. The third-order valence-corrected chi connectivity index (χ3v) is 3.96. The van der Waals surface area contributed by atoms with Crippen LogP contribution in [0.4, 0.5) is 0 Å². The van der Waals surface area contributed by atoms with Gasteiger partial charge in [0, 0.05) is 13.1 Å². The predicted molar refractivity (Wildman–Crippen MR) is 74.3 cm³/mol. The van der Waals surface area contributed by atoms with Crippen molar-refractivity contribution < 1.29 is 24.1 Å². The van der Waals surface area contributed by atoms with Gasteiger partial charge in [-0.15, -0.1) is 0 Å². The summed E-state index contributed by atoms with van der Waals surface area (Å²) in [6.45, 7) is 3.60. The van der Waals surface area contributed by atoms with Crippen LogP contribution in [0.15, 0.2) is 18.2 Å². The molecule has 6 nitrogen and oxygen atoms in total. The molecule has 0 N–H and O–H groups in total. The number of carboxylic acids is 1. The second-order valence-electron chi connectivity index (χ2n) is 5.00. The lowest BCUT2D eigenvalue weighted by molar-refractivity contribution is -0.320. The van der Waals surface area contributed by atoms with Crippen molar-refractivity contribution in [2.75, 3.05) is 40.5 Å². The first-order valence-corrected chi connectivity index (χ1v) is 6.81. The van der Waals surface area contributed by atoms with Crippen LogP contribution >= 0.6 is 0 Å². The van der Waals surface area contributed by atoms with E-state index in [0.29, 0.717) is 43.4 Å². The van der Waals surface area contributed by atoms with E-state index in [2.05, 4.69) is 0 Å². The number of aliphatic carboxylic acids is 1. The Morgan fingerprint density at radius 2 is 1.76 bits per heavy atom. The van der Waals surface area contributed by atoms with E-state index in [1.54, 1.807) is 25.1 Å². The highest BCUT2D eigenvalue weighted by Gasteiger charge is 2.40. The van der Waals surface area contributed by atoms with Crippen LogP contribution in [-0.4, -0.2) is 51.4 Å². The van der Waals surface area contributed by atoms with E-state index in [1.165, 1.54) is 14.2 Å². The fourth-order valence-electron chi connectivity index (χ4n) is 2.73. The molecule has 1 aromatic carbocycles. The minimum absolute atomic E-state index is 0.465. The van der Waals surface area contributed by atoms with Crippen molar-refractivity contribution in [2.45, 2.75) is 12.5 Å². The predicted octanol–water partition coefficient (Wildman–Crippen LogP) is 0.00110. The average Bonchev–Trinajstić information content (AvgIpc) is 2.53. The largest absolute Gasteiger partial charge is 0.548 e. The molecular formula is C15H20NO5-. The molecule has 1 heterocycles. The van der Waals surface area contributed by atoms with E-state index in [1.807, 2.05) is 4.90 Å².